The largest absolute Gasteiger partial charge is 0.387 e. The number of aliphatic hydroxyl groups excluding tert-OH is 1. The lowest BCUT2D eigenvalue weighted by Crippen LogP contribution is -2.12. The Morgan fingerprint density at radius 1 is 1.41 bits per heavy atom. The van der Waals surface area contributed by atoms with Crippen LogP contribution in [0, 0.1) is 13.8 Å². The molecular weight excluding hydrogens is 214 g/mol. The predicted octanol–water partition coefficient (Wildman–Crippen LogP) is 1.48. The number of rotatable bonds is 3. The average molecular weight is 231 g/mol. The molecule has 90 valence electrons. The number of nitrogens with zero attached hydrogens (tertiary/aromatic N) is 2. The van der Waals surface area contributed by atoms with Crippen LogP contribution in [0.2, 0.25) is 0 Å². The van der Waals surface area contributed by atoms with Gasteiger partial charge in [0.25, 0.3) is 0 Å². The van der Waals surface area contributed by atoms with E-state index in [-0.39, 0.29) is 6.54 Å². The van der Waals surface area contributed by atoms with Gasteiger partial charge in [0.1, 0.15) is 0 Å². The van der Waals surface area contributed by atoms with Gasteiger partial charge < -0.3 is 10.8 Å². The van der Waals surface area contributed by atoms with E-state index in [1.54, 1.807) is 6.20 Å². The number of benzene rings is 1. The summed E-state index contributed by atoms with van der Waals surface area (Å²) in [7, 11) is 0. The number of aromatic nitrogens is 2. The zero-order valence-electron chi connectivity index (χ0n) is 10.1. The van der Waals surface area contributed by atoms with Crippen molar-refractivity contribution in [3.05, 3.63) is 47.3 Å². The molecule has 0 aliphatic heterocycles. The summed E-state index contributed by atoms with van der Waals surface area (Å²) in [5.74, 6) is 0. The maximum absolute atomic E-state index is 9.75. The van der Waals surface area contributed by atoms with Gasteiger partial charge in [0, 0.05) is 17.8 Å². The van der Waals surface area contributed by atoms with Crippen molar-refractivity contribution in [1.82, 2.24) is 9.78 Å². The van der Waals surface area contributed by atoms with Crippen molar-refractivity contribution in [2.45, 2.75) is 20.0 Å². The van der Waals surface area contributed by atoms with Crippen LogP contribution < -0.4 is 5.73 Å². The van der Waals surface area contributed by atoms with Crippen LogP contribution >= 0.6 is 0 Å². The Hall–Kier alpha value is -1.65. The zero-order valence-corrected chi connectivity index (χ0v) is 10.1. The van der Waals surface area contributed by atoms with Crippen LogP contribution in [0.5, 0.6) is 0 Å². The minimum absolute atomic E-state index is 0.209. The first-order valence-electron chi connectivity index (χ1n) is 5.63. The molecule has 0 radical (unpaired) electrons. The quantitative estimate of drug-likeness (QED) is 0.841. The van der Waals surface area contributed by atoms with Crippen molar-refractivity contribution < 1.29 is 5.11 Å². The molecule has 2 rings (SSSR count). The molecular formula is C13H17N3O. The van der Waals surface area contributed by atoms with Gasteiger partial charge in [0.15, 0.2) is 0 Å². The van der Waals surface area contributed by atoms with Gasteiger partial charge >= 0.3 is 0 Å². The summed E-state index contributed by atoms with van der Waals surface area (Å²) >= 11 is 0. The van der Waals surface area contributed by atoms with Crippen LogP contribution in [0.15, 0.2) is 30.5 Å². The van der Waals surface area contributed by atoms with E-state index in [4.69, 9.17) is 5.73 Å². The topological polar surface area (TPSA) is 64.1 Å². The van der Waals surface area contributed by atoms with Gasteiger partial charge in [-0.1, -0.05) is 12.1 Å². The Balaban J connectivity index is 2.44. The fourth-order valence-electron chi connectivity index (χ4n) is 1.90. The molecule has 2 aromatic rings. The van der Waals surface area contributed by atoms with Crippen molar-refractivity contribution in [1.29, 1.82) is 0 Å². The molecule has 0 amide bonds. The van der Waals surface area contributed by atoms with E-state index in [9.17, 15) is 5.11 Å². The second-order valence-electron chi connectivity index (χ2n) is 4.19. The summed E-state index contributed by atoms with van der Waals surface area (Å²) in [5, 5.41) is 14.0. The summed E-state index contributed by atoms with van der Waals surface area (Å²) < 4.78 is 1.82. The van der Waals surface area contributed by atoms with Crippen molar-refractivity contribution >= 4 is 0 Å². The standard InChI is InChI=1S/C13H17N3O/c1-9-4-3-5-11(6-9)16-10(2)12(8-15-16)13(17)7-14/h3-6,8,13,17H,7,14H2,1-2H3. The van der Waals surface area contributed by atoms with E-state index < -0.39 is 6.10 Å². The Morgan fingerprint density at radius 2 is 2.18 bits per heavy atom. The predicted molar refractivity (Wildman–Crippen MR) is 67.1 cm³/mol. The van der Waals surface area contributed by atoms with E-state index in [0.29, 0.717) is 0 Å². The first-order valence-corrected chi connectivity index (χ1v) is 5.63. The van der Waals surface area contributed by atoms with Gasteiger partial charge in [-0.3, -0.25) is 0 Å². The van der Waals surface area contributed by atoms with E-state index in [1.165, 1.54) is 5.56 Å². The number of aliphatic hydroxyl groups is 1. The molecule has 0 saturated heterocycles. The highest BCUT2D eigenvalue weighted by molar-refractivity contribution is 5.38. The van der Waals surface area contributed by atoms with Crippen molar-refractivity contribution in [3.63, 3.8) is 0 Å². The molecule has 17 heavy (non-hydrogen) atoms. The van der Waals surface area contributed by atoms with Crippen LogP contribution in [0.4, 0.5) is 0 Å². The first kappa shape index (κ1) is 11.8. The summed E-state index contributed by atoms with van der Waals surface area (Å²) in [4.78, 5) is 0. The molecule has 1 aromatic carbocycles. The van der Waals surface area contributed by atoms with Gasteiger partial charge in [0.2, 0.25) is 0 Å². The van der Waals surface area contributed by atoms with Crippen LogP contribution in [0.3, 0.4) is 0 Å². The molecule has 1 unspecified atom stereocenters. The van der Waals surface area contributed by atoms with Crippen molar-refractivity contribution in [3.8, 4) is 5.69 Å². The number of hydrogen-bond donors (Lipinski definition) is 2. The SMILES string of the molecule is Cc1cccc(-n2ncc(C(O)CN)c2C)c1. The van der Waals surface area contributed by atoms with Crippen LogP contribution in [0.25, 0.3) is 5.69 Å². The number of hydrogen-bond acceptors (Lipinski definition) is 3. The van der Waals surface area contributed by atoms with Gasteiger partial charge in [0.05, 0.1) is 18.0 Å². The van der Waals surface area contributed by atoms with Crippen LogP contribution in [-0.4, -0.2) is 21.4 Å². The Morgan fingerprint density at radius 3 is 2.82 bits per heavy atom. The van der Waals surface area contributed by atoms with E-state index in [2.05, 4.69) is 11.2 Å². The van der Waals surface area contributed by atoms with E-state index >= 15 is 0 Å². The smallest absolute Gasteiger partial charge is 0.0945 e. The van der Waals surface area contributed by atoms with E-state index in [1.807, 2.05) is 36.7 Å². The molecule has 1 aromatic heterocycles. The number of nitrogens with two attached hydrogens (primary N) is 1. The number of aryl methyl sites for hydroxylation is 1. The second-order valence-corrected chi connectivity index (χ2v) is 4.19. The van der Waals surface area contributed by atoms with Crippen molar-refractivity contribution in [2.75, 3.05) is 6.54 Å². The maximum atomic E-state index is 9.75. The minimum atomic E-state index is -0.645. The molecule has 4 heteroatoms. The molecule has 0 bridgehead atoms. The van der Waals surface area contributed by atoms with Crippen LogP contribution in [0.1, 0.15) is 22.9 Å². The third-order valence-corrected chi connectivity index (χ3v) is 2.88. The lowest BCUT2D eigenvalue weighted by atomic mass is 10.1. The highest BCUT2D eigenvalue weighted by Crippen LogP contribution is 2.19. The maximum Gasteiger partial charge on any atom is 0.0945 e. The Bertz CT molecular complexity index is 519. The Labute approximate surface area is 101 Å². The normalized spacial score (nSPS) is 12.7. The molecule has 0 aliphatic carbocycles. The highest BCUT2D eigenvalue weighted by Gasteiger charge is 2.14. The van der Waals surface area contributed by atoms with Crippen LogP contribution in [-0.2, 0) is 0 Å². The summed E-state index contributed by atoms with van der Waals surface area (Å²) in [5.41, 5.74) is 9.35. The highest BCUT2D eigenvalue weighted by atomic mass is 16.3. The fraction of sp³-hybridized carbons (Fsp3) is 0.308. The van der Waals surface area contributed by atoms with Gasteiger partial charge in [-0.25, -0.2) is 4.68 Å². The average Bonchev–Trinajstić information content (AvgIpc) is 2.70. The second kappa shape index (κ2) is 4.69. The summed E-state index contributed by atoms with van der Waals surface area (Å²) in [6, 6.07) is 8.08. The van der Waals surface area contributed by atoms with Gasteiger partial charge in [-0.2, -0.15) is 5.10 Å². The molecule has 1 heterocycles. The monoisotopic (exact) mass is 231 g/mol. The fourth-order valence-corrected chi connectivity index (χ4v) is 1.90. The van der Waals surface area contributed by atoms with Gasteiger partial charge in [-0.15, -0.1) is 0 Å². The third kappa shape index (κ3) is 2.23. The third-order valence-electron chi connectivity index (χ3n) is 2.88. The molecule has 4 nitrogen and oxygen atoms in total. The van der Waals surface area contributed by atoms with E-state index in [0.717, 1.165) is 16.9 Å². The summed E-state index contributed by atoms with van der Waals surface area (Å²) in [6.45, 7) is 4.18. The molecule has 1 atom stereocenters. The molecule has 0 saturated carbocycles. The lowest BCUT2D eigenvalue weighted by molar-refractivity contribution is 0.186. The first-order chi connectivity index (χ1) is 8.13. The molecule has 0 fully saturated rings. The van der Waals surface area contributed by atoms with Gasteiger partial charge in [-0.05, 0) is 31.5 Å². The summed E-state index contributed by atoms with van der Waals surface area (Å²) in [6.07, 6.45) is 1.03. The zero-order chi connectivity index (χ0) is 12.4. The lowest BCUT2D eigenvalue weighted by Gasteiger charge is -2.09. The molecule has 0 spiro atoms. The molecule has 0 aliphatic rings. The Kier molecular flexibility index (Phi) is 3.26. The minimum Gasteiger partial charge on any atom is -0.387 e. The molecule has 3 N–H and O–H groups in total. The van der Waals surface area contributed by atoms with Crippen molar-refractivity contribution in [2.24, 2.45) is 5.73 Å².